The van der Waals surface area contributed by atoms with Gasteiger partial charge in [0.1, 0.15) is 5.60 Å². The van der Waals surface area contributed by atoms with E-state index in [1.807, 2.05) is 27.7 Å². The number of carbonyl (C=O) groups is 1. The molecule has 0 aromatic carbocycles. The van der Waals surface area contributed by atoms with Crippen LogP contribution >= 0.6 is 0 Å². The summed E-state index contributed by atoms with van der Waals surface area (Å²) in [5, 5.41) is 0. The summed E-state index contributed by atoms with van der Waals surface area (Å²) in [7, 11) is 0. The highest BCUT2D eigenvalue weighted by Gasteiger charge is 2.21. The minimum atomic E-state index is -0.395. The van der Waals surface area contributed by atoms with Gasteiger partial charge in [-0.1, -0.05) is 13.0 Å². The first-order valence-electron chi connectivity index (χ1n) is 4.26. The molecule has 0 spiro atoms. The molecule has 0 unspecified atom stereocenters. The lowest BCUT2D eigenvalue weighted by Crippen LogP contribution is -2.27. The Bertz CT molecular complexity index is 165. The van der Waals surface area contributed by atoms with Crippen LogP contribution in [0.2, 0.25) is 0 Å². The second kappa shape index (κ2) is 4.29. The summed E-state index contributed by atoms with van der Waals surface area (Å²) in [5.74, 6) is -0.343. The van der Waals surface area contributed by atoms with Gasteiger partial charge in [-0.25, -0.2) is 0 Å². The molecule has 70 valence electrons. The molecule has 0 heterocycles. The average molecular weight is 170 g/mol. The molecule has 0 aliphatic carbocycles. The molecule has 0 fully saturated rings. The van der Waals surface area contributed by atoms with Crippen LogP contribution in [0.4, 0.5) is 0 Å². The number of hydrogen-bond acceptors (Lipinski definition) is 2. The van der Waals surface area contributed by atoms with Crippen molar-refractivity contribution in [1.82, 2.24) is 0 Å². The first kappa shape index (κ1) is 11.2. The van der Waals surface area contributed by atoms with Gasteiger partial charge in [0.25, 0.3) is 0 Å². The maximum absolute atomic E-state index is 11.3. The number of hydrogen-bond donors (Lipinski definition) is 0. The molecule has 2 nitrogen and oxygen atoms in total. The van der Waals surface area contributed by atoms with Crippen LogP contribution in [-0.2, 0) is 9.53 Å². The van der Waals surface area contributed by atoms with Crippen molar-refractivity contribution in [1.29, 1.82) is 0 Å². The topological polar surface area (TPSA) is 26.3 Å². The first-order valence-corrected chi connectivity index (χ1v) is 4.26. The Kier molecular flexibility index (Phi) is 4.01. The molecule has 0 saturated heterocycles. The van der Waals surface area contributed by atoms with Crippen molar-refractivity contribution in [2.75, 3.05) is 0 Å². The monoisotopic (exact) mass is 170 g/mol. The highest BCUT2D eigenvalue weighted by molar-refractivity contribution is 5.74. The highest BCUT2D eigenvalue weighted by atomic mass is 16.6. The minimum Gasteiger partial charge on any atom is -0.460 e. The van der Waals surface area contributed by atoms with Crippen molar-refractivity contribution in [3.8, 4) is 0 Å². The van der Waals surface area contributed by atoms with E-state index >= 15 is 0 Å². The van der Waals surface area contributed by atoms with E-state index < -0.39 is 5.60 Å². The van der Waals surface area contributed by atoms with Crippen molar-refractivity contribution in [2.45, 2.75) is 39.7 Å². The number of ether oxygens (including phenoxy) is 1. The standard InChI is InChI=1S/C10H18O2/c1-6-8(7-2)9(11)12-10(3,4)5/h6,8H,1,7H2,2-5H3/t8-/m0/s1. The third kappa shape index (κ3) is 4.16. The fourth-order valence-corrected chi connectivity index (χ4v) is 0.807. The zero-order valence-electron chi connectivity index (χ0n) is 8.39. The van der Waals surface area contributed by atoms with Gasteiger partial charge in [-0.05, 0) is 27.2 Å². The molecule has 0 bridgehead atoms. The van der Waals surface area contributed by atoms with Crippen LogP contribution in [0, 0.1) is 5.92 Å². The maximum atomic E-state index is 11.3. The van der Waals surface area contributed by atoms with E-state index in [1.54, 1.807) is 6.08 Å². The Hall–Kier alpha value is -0.790. The molecular formula is C10H18O2. The molecule has 0 aromatic rings. The van der Waals surface area contributed by atoms with Crippen LogP contribution in [0.1, 0.15) is 34.1 Å². The van der Waals surface area contributed by atoms with E-state index in [0.717, 1.165) is 6.42 Å². The second-order valence-corrected chi connectivity index (χ2v) is 3.78. The molecule has 12 heavy (non-hydrogen) atoms. The van der Waals surface area contributed by atoms with Gasteiger partial charge >= 0.3 is 5.97 Å². The van der Waals surface area contributed by atoms with Gasteiger partial charge in [0.05, 0.1) is 5.92 Å². The van der Waals surface area contributed by atoms with Crippen LogP contribution in [0.15, 0.2) is 12.7 Å². The van der Waals surface area contributed by atoms with Gasteiger partial charge in [0.15, 0.2) is 0 Å². The summed E-state index contributed by atoms with van der Waals surface area (Å²) in [6.07, 6.45) is 2.38. The van der Waals surface area contributed by atoms with Crippen LogP contribution in [0.25, 0.3) is 0 Å². The molecule has 0 amide bonds. The lowest BCUT2D eigenvalue weighted by molar-refractivity contribution is -0.158. The number of esters is 1. The first-order chi connectivity index (χ1) is 5.40. The molecule has 0 aliphatic heterocycles. The lowest BCUT2D eigenvalue weighted by atomic mass is 10.1. The normalized spacial score (nSPS) is 13.7. The third-order valence-corrected chi connectivity index (χ3v) is 1.43. The summed E-state index contributed by atoms with van der Waals surface area (Å²) < 4.78 is 5.17. The van der Waals surface area contributed by atoms with E-state index in [0.29, 0.717) is 0 Å². The zero-order valence-corrected chi connectivity index (χ0v) is 8.39. The van der Waals surface area contributed by atoms with Crippen LogP contribution in [0.5, 0.6) is 0 Å². The summed E-state index contributed by atoms with van der Waals surface area (Å²) in [6, 6.07) is 0. The SMILES string of the molecule is C=C[C@@H](CC)C(=O)OC(C)(C)C. The van der Waals surface area contributed by atoms with Crippen LogP contribution in [-0.4, -0.2) is 11.6 Å². The van der Waals surface area contributed by atoms with E-state index in [2.05, 4.69) is 6.58 Å². The Morgan fingerprint density at radius 2 is 2.08 bits per heavy atom. The minimum absolute atomic E-state index is 0.163. The van der Waals surface area contributed by atoms with Crippen molar-refractivity contribution >= 4 is 5.97 Å². The van der Waals surface area contributed by atoms with Crippen molar-refractivity contribution in [3.05, 3.63) is 12.7 Å². The Balaban J connectivity index is 4.11. The van der Waals surface area contributed by atoms with Crippen LogP contribution in [0.3, 0.4) is 0 Å². The molecule has 0 aliphatic rings. The number of carbonyl (C=O) groups excluding carboxylic acids is 1. The van der Waals surface area contributed by atoms with Gasteiger partial charge in [-0.2, -0.15) is 0 Å². The molecular weight excluding hydrogens is 152 g/mol. The van der Waals surface area contributed by atoms with E-state index in [-0.39, 0.29) is 11.9 Å². The van der Waals surface area contributed by atoms with Gasteiger partial charge in [-0.15, -0.1) is 6.58 Å². The molecule has 0 aromatic heterocycles. The van der Waals surface area contributed by atoms with Gasteiger partial charge in [0, 0.05) is 0 Å². The summed E-state index contributed by atoms with van der Waals surface area (Å²) in [5.41, 5.74) is -0.395. The Morgan fingerprint density at radius 3 is 2.33 bits per heavy atom. The predicted octanol–water partition coefficient (Wildman–Crippen LogP) is 2.54. The maximum Gasteiger partial charge on any atom is 0.313 e. The van der Waals surface area contributed by atoms with Gasteiger partial charge < -0.3 is 4.74 Å². The van der Waals surface area contributed by atoms with Crippen molar-refractivity contribution in [3.63, 3.8) is 0 Å². The largest absolute Gasteiger partial charge is 0.460 e. The molecule has 0 radical (unpaired) electrons. The highest BCUT2D eigenvalue weighted by Crippen LogP contribution is 2.13. The molecule has 0 N–H and O–H groups in total. The predicted molar refractivity (Wildman–Crippen MR) is 49.8 cm³/mol. The van der Waals surface area contributed by atoms with E-state index in [9.17, 15) is 4.79 Å². The van der Waals surface area contributed by atoms with Crippen LogP contribution < -0.4 is 0 Å². The molecule has 2 heteroatoms. The Labute approximate surface area is 74.6 Å². The average Bonchev–Trinajstić information content (AvgIpc) is 1.85. The van der Waals surface area contributed by atoms with Gasteiger partial charge in [-0.3, -0.25) is 4.79 Å². The fraction of sp³-hybridized carbons (Fsp3) is 0.700. The van der Waals surface area contributed by atoms with Crippen molar-refractivity contribution in [2.24, 2.45) is 5.92 Å². The van der Waals surface area contributed by atoms with Gasteiger partial charge in [0.2, 0.25) is 0 Å². The molecule has 0 rings (SSSR count). The molecule has 0 saturated carbocycles. The smallest absolute Gasteiger partial charge is 0.313 e. The summed E-state index contributed by atoms with van der Waals surface area (Å²) in [6.45, 7) is 11.1. The summed E-state index contributed by atoms with van der Waals surface area (Å²) in [4.78, 5) is 11.3. The zero-order chi connectivity index (χ0) is 9.78. The Morgan fingerprint density at radius 1 is 1.58 bits per heavy atom. The number of rotatable bonds is 3. The van der Waals surface area contributed by atoms with Crippen molar-refractivity contribution < 1.29 is 9.53 Å². The van der Waals surface area contributed by atoms with E-state index in [4.69, 9.17) is 4.74 Å². The quantitative estimate of drug-likeness (QED) is 0.480. The third-order valence-electron chi connectivity index (χ3n) is 1.43. The molecule has 1 atom stereocenters. The summed E-state index contributed by atoms with van der Waals surface area (Å²) >= 11 is 0. The second-order valence-electron chi connectivity index (χ2n) is 3.78. The van der Waals surface area contributed by atoms with E-state index in [1.165, 1.54) is 0 Å². The fourth-order valence-electron chi connectivity index (χ4n) is 0.807. The lowest BCUT2D eigenvalue weighted by Gasteiger charge is -2.21.